The second-order valence-corrected chi connectivity index (χ2v) is 10.8. The first-order chi connectivity index (χ1) is 19.1. The lowest BCUT2D eigenvalue weighted by molar-refractivity contribution is 0.606. The number of nitriles is 1. The average Bonchev–Trinajstić information content (AvgIpc) is 2.92. The van der Waals surface area contributed by atoms with Gasteiger partial charge in [0.1, 0.15) is 23.3 Å². The highest BCUT2D eigenvalue weighted by Gasteiger charge is 2.20. The van der Waals surface area contributed by atoms with Crippen LogP contribution < -0.4 is 21.3 Å². The van der Waals surface area contributed by atoms with Gasteiger partial charge in [0.15, 0.2) is 0 Å². The van der Waals surface area contributed by atoms with Crippen molar-refractivity contribution >= 4 is 38.4 Å². The molecule has 12 heteroatoms. The number of benzene rings is 2. The van der Waals surface area contributed by atoms with Crippen molar-refractivity contribution < 1.29 is 8.42 Å². The number of sulfonamides is 1. The summed E-state index contributed by atoms with van der Waals surface area (Å²) in [6.07, 6.45) is 3.87. The molecular formula is C28H24N8O3S. The molecule has 1 atom stereocenters. The summed E-state index contributed by atoms with van der Waals surface area (Å²) in [6.45, 7) is 1.86. The van der Waals surface area contributed by atoms with Crippen LogP contribution in [0.2, 0.25) is 0 Å². The SMILES string of the molecule is C[C@H](Nc1nc(N)ncc1C#N)c1cc2cccc(-c3ccnc(NS(C)(=O)=O)c3)c2c(=O)n1-c1ccccc1. The molecule has 5 aromatic rings. The molecule has 40 heavy (non-hydrogen) atoms. The van der Waals surface area contributed by atoms with E-state index in [1.165, 1.54) is 12.4 Å². The van der Waals surface area contributed by atoms with Crippen molar-refractivity contribution in [2.24, 2.45) is 0 Å². The largest absolute Gasteiger partial charge is 0.368 e. The van der Waals surface area contributed by atoms with E-state index in [2.05, 4.69) is 31.1 Å². The number of fused-ring (bicyclic) bond motifs is 1. The fourth-order valence-electron chi connectivity index (χ4n) is 4.49. The second-order valence-electron chi connectivity index (χ2n) is 9.09. The maximum atomic E-state index is 14.3. The Balaban J connectivity index is 1.72. The Morgan fingerprint density at radius 2 is 1.82 bits per heavy atom. The maximum absolute atomic E-state index is 14.3. The van der Waals surface area contributed by atoms with Gasteiger partial charge < -0.3 is 11.1 Å². The van der Waals surface area contributed by atoms with Crippen LogP contribution in [0.5, 0.6) is 0 Å². The minimum absolute atomic E-state index is 0.0133. The predicted molar refractivity (Wildman–Crippen MR) is 154 cm³/mol. The average molecular weight is 553 g/mol. The van der Waals surface area contributed by atoms with Gasteiger partial charge in [-0.3, -0.25) is 14.1 Å². The third kappa shape index (κ3) is 5.31. The third-order valence-electron chi connectivity index (χ3n) is 6.18. The van der Waals surface area contributed by atoms with Gasteiger partial charge in [0.05, 0.1) is 23.9 Å². The van der Waals surface area contributed by atoms with Crippen molar-refractivity contribution in [3.63, 3.8) is 0 Å². The van der Waals surface area contributed by atoms with E-state index in [1.807, 2.05) is 61.5 Å². The molecule has 0 radical (unpaired) electrons. The van der Waals surface area contributed by atoms with Gasteiger partial charge in [0.25, 0.3) is 5.56 Å². The molecule has 2 aromatic carbocycles. The summed E-state index contributed by atoms with van der Waals surface area (Å²) in [5.41, 5.74) is 8.21. The number of para-hydroxylation sites is 1. The number of anilines is 3. The molecule has 0 bridgehead atoms. The van der Waals surface area contributed by atoms with Gasteiger partial charge in [-0.05, 0) is 53.8 Å². The fraction of sp³-hybridized carbons (Fsp3) is 0.107. The van der Waals surface area contributed by atoms with Crippen LogP contribution in [0.4, 0.5) is 17.6 Å². The lowest BCUT2D eigenvalue weighted by Crippen LogP contribution is -2.26. The van der Waals surface area contributed by atoms with Crippen molar-refractivity contribution in [3.05, 3.63) is 101 Å². The number of hydrogen-bond acceptors (Lipinski definition) is 9. The van der Waals surface area contributed by atoms with Crippen LogP contribution >= 0.6 is 0 Å². The first-order valence-electron chi connectivity index (χ1n) is 12.1. The summed E-state index contributed by atoms with van der Waals surface area (Å²) in [7, 11) is -3.54. The molecule has 0 saturated heterocycles. The molecule has 0 fully saturated rings. The standard InChI is InChI=1S/C28H24N8O3S/c1-17(33-26-20(15-29)16-32-28(30)34-26)23-13-19-7-6-10-22(18-11-12-31-24(14-18)35-40(2,38)39)25(19)27(37)36(23)21-8-4-3-5-9-21/h3-14,16-17H,1-2H3,(H,31,35)(H3,30,32,33,34)/t17-/m0/s1. The minimum Gasteiger partial charge on any atom is -0.368 e. The number of hydrogen-bond donors (Lipinski definition) is 3. The van der Waals surface area contributed by atoms with Crippen molar-refractivity contribution in [1.82, 2.24) is 19.5 Å². The van der Waals surface area contributed by atoms with Gasteiger partial charge >= 0.3 is 0 Å². The van der Waals surface area contributed by atoms with E-state index in [1.54, 1.807) is 16.7 Å². The molecule has 200 valence electrons. The maximum Gasteiger partial charge on any atom is 0.263 e. The highest BCUT2D eigenvalue weighted by molar-refractivity contribution is 7.92. The number of aromatic nitrogens is 4. The first kappa shape index (κ1) is 26.3. The van der Waals surface area contributed by atoms with Crippen molar-refractivity contribution in [3.8, 4) is 22.9 Å². The molecule has 3 aromatic heterocycles. The topological polar surface area (TPSA) is 169 Å². The molecule has 11 nitrogen and oxygen atoms in total. The smallest absolute Gasteiger partial charge is 0.263 e. The molecule has 0 aliphatic carbocycles. The summed E-state index contributed by atoms with van der Waals surface area (Å²) >= 11 is 0. The molecule has 0 aliphatic rings. The van der Waals surface area contributed by atoms with Crippen molar-refractivity contribution in [2.45, 2.75) is 13.0 Å². The highest BCUT2D eigenvalue weighted by Crippen LogP contribution is 2.31. The van der Waals surface area contributed by atoms with E-state index >= 15 is 0 Å². The van der Waals surface area contributed by atoms with Gasteiger partial charge in [-0.15, -0.1) is 0 Å². The zero-order valence-electron chi connectivity index (χ0n) is 21.5. The third-order valence-corrected chi connectivity index (χ3v) is 6.76. The molecule has 0 unspecified atom stereocenters. The van der Waals surface area contributed by atoms with Crippen molar-refractivity contribution in [2.75, 3.05) is 22.0 Å². The first-order valence-corrected chi connectivity index (χ1v) is 14.0. The second kappa shape index (κ2) is 10.5. The van der Waals surface area contributed by atoms with Crippen molar-refractivity contribution in [1.29, 1.82) is 5.26 Å². The normalized spacial score (nSPS) is 12.0. The Labute approximate surface area is 230 Å². The molecule has 4 N–H and O–H groups in total. The quantitative estimate of drug-likeness (QED) is 0.271. The van der Waals surface area contributed by atoms with E-state index in [9.17, 15) is 18.5 Å². The number of nitrogens with one attached hydrogen (secondary N) is 2. The monoisotopic (exact) mass is 552 g/mol. The summed E-state index contributed by atoms with van der Waals surface area (Å²) in [6, 6.07) is 21.4. The van der Waals surface area contributed by atoms with Crippen LogP contribution in [0.3, 0.4) is 0 Å². The van der Waals surface area contributed by atoms with Crippen LogP contribution in [-0.2, 0) is 10.0 Å². The zero-order chi connectivity index (χ0) is 28.4. The van der Waals surface area contributed by atoms with Gasteiger partial charge in [0, 0.05) is 17.6 Å². The van der Waals surface area contributed by atoms with Gasteiger partial charge in [-0.25, -0.2) is 18.4 Å². The minimum atomic E-state index is -3.54. The van der Waals surface area contributed by atoms with E-state index in [-0.39, 0.29) is 28.7 Å². The Bertz CT molecular complexity index is 1950. The molecule has 5 rings (SSSR count). The van der Waals surface area contributed by atoms with E-state index in [0.717, 1.165) is 6.26 Å². The summed E-state index contributed by atoms with van der Waals surface area (Å²) in [5.74, 6) is 0.415. The van der Waals surface area contributed by atoms with Crippen LogP contribution in [0.1, 0.15) is 24.2 Å². The highest BCUT2D eigenvalue weighted by atomic mass is 32.2. The predicted octanol–water partition coefficient (Wildman–Crippen LogP) is 3.84. The van der Waals surface area contributed by atoms with Crippen LogP contribution in [0.15, 0.2) is 83.9 Å². The molecule has 0 amide bonds. The van der Waals surface area contributed by atoms with Gasteiger partial charge in [-0.1, -0.05) is 36.4 Å². The number of nitrogen functional groups attached to an aromatic ring is 1. The summed E-state index contributed by atoms with van der Waals surface area (Å²) in [4.78, 5) is 26.4. The molecule has 0 aliphatic heterocycles. The number of nitrogens with two attached hydrogens (primary N) is 1. The summed E-state index contributed by atoms with van der Waals surface area (Å²) in [5, 5.41) is 13.9. The fourth-order valence-corrected chi connectivity index (χ4v) is 4.99. The Hall–Kier alpha value is -5.28. The number of nitrogens with zero attached hydrogens (tertiary/aromatic N) is 5. The number of rotatable bonds is 7. The van der Waals surface area contributed by atoms with Gasteiger partial charge in [0.2, 0.25) is 16.0 Å². The van der Waals surface area contributed by atoms with Gasteiger partial charge in [-0.2, -0.15) is 10.2 Å². The lowest BCUT2D eigenvalue weighted by atomic mass is 9.98. The summed E-state index contributed by atoms with van der Waals surface area (Å²) < 4.78 is 27.5. The molecule has 0 spiro atoms. The molecular weight excluding hydrogens is 528 g/mol. The van der Waals surface area contributed by atoms with Crippen LogP contribution in [-0.4, -0.2) is 34.2 Å². The van der Waals surface area contributed by atoms with E-state index in [0.29, 0.717) is 33.3 Å². The lowest BCUT2D eigenvalue weighted by Gasteiger charge is -2.22. The van der Waals surface area contributed by atoms with Crippen LogP contribution in [0, 0.1) is 11.3 Å². The zero-order valence-corrected chi connectivity index (χ0v) is 22.3. The molecule has 0 saturated carbocycles. The Kier molecular flexibility index (Phi) is 6.89. The Morgan fingerprint density at radius 1 is 1.05 bits per heavy atom. The Morgan fingerprint density at radius 3 is 2.55 bits per heavy atom. The molecule has 3 heterocycles. The van der Waals surface area contributed by atoms with Crippen LogP contribution in [0.25, 0.3) is 27.6 Å². The van der Waals surface area contributed by atoms with E-state index < -0.39 is 16.1 Å². The number of pyridine rings is 2. The van der Waals surface area contributed by atoms with E-state index in [4.69, 9.17) is 5.73 Å².